The topological polar surface area (TPSA) is 21.7 Å². The SMILES string of the molecule is c1ccc(C2CN3CCOB3O2)cc1. The molecule has 0 radical (unpaired) electrons. The van der Waals surface area contributed by atoms with Crippen molar-refractivity contribution in [2.75, 3.05) is 19.7 Å². The highest BCUT2D eigenvalue weighted by Gasteiger charge is 2.43. The molecule has 1 atom stereocenters. The summed E-state index contributed by atoms with van der Waals surface area (Å²) in [5.74, 6) is 0. The van der Waals surface area contributed by atoms with Crippen LogP contribution in [0.25, 0.3) is 0 Å². The van der Waals surface area contributed by atoms with Crippen molar-refractivity contribution in [3.05, 3.63) is 35.9 Å². The Morgan fingerprint density at radius 3 is 2.93 bits per heavy atom. The van der Waals surface area contributed by atoms with E-state index in [1.807, 2.05) is 18.2 Å². The molecule has 1 unspecified atom stereocenters. The van der Waals surface area contributed by atoms with Crippen molar-refractivity contribution >= 4 is 7.25 Å². The second kappa shape index (κ2) is 3.39. The highest BCUT2D eigenvalue weighted by molar-refractivity contribution is 6.42. The van der Waals surface area contributed by atoms with Gasteiger partial charge in [-0.25, -0.2) is 0 Å². The standard InChI is InChI=1S/C10H12BNO2/c1-2-4-9(5-3-1)10-8-12-6-7-13-11(12)14-10/h1-5,10H,6-8H2. The molecule has 3 nitrogen and oxygen atoms in total. The first-order valence-electron chi connectivity index (χ1n) is 4.99. The first kappa shape index (κ1) is 8.47. The third-order valence-electron chi connectivity index (χ3n) is 2.79. The van der Waals surface area contributed by atoms with E-state index >= 15 is 0 Å². The summed E-state index contributed by atoms with van der Waals surface area (Å²) in [6, 6.07) is 10.3. The van der Waals surface area contributed by atoms with Gasteiger partial charge in [0.2, 0.25) is 0 Å². The Morgan fingerprint density at radius 1 is 1.29 bits per heavy atom. The van der Waals surface area contributed by atoms with E-state index in [1.54, 1.807) is 0 Å². The monoisotopic (exact) mass is 189 g/mol. The normalized spacial score (nSPS) is 26.9. The zero-order valence-corrected chi connectivity index (χ0v) is 7.93. The fourth-order valence-electron chi connectivity index (χ4n) is 2.03. The highest BCUT2D eigenvalue weighted by atomic mass is 16.6. The smallest absolute Gasteiger partial charge is 0.396 e. The Balaban J connectivity index is 1.77. The van der Waals surface area contributed by atoms with Crippen molar-refractivity contribution in [2.45, 2.75) is 6.10 Å². The molecule has 0 aromatic heterocycles. The van der Waals surface area contributed by atoms with Gasteiger partial charge < -0.3 is 9.31 Å². The van der Waals surface area contributed by atoms with E-state index < -0.39 is 0 Å². The summed E-state index contributed by atoms with van der Waals surface area (Å²) < 4.78 is 11.2. The van der Waals surface area contributed by atoms with Gasteiger partial charge in [-0.3, -0.25) is 4.81 Å². The Bertz CT molecular complexity index is 307. The molecule has 0 spiro atoms. The van der Waals surface area contributed by atoms with Crippen LogP contribution in [0.5, 0.6) is 0 Å². The molecule has 0 bridgehead atoms. The maximum atomic E-state index is 5.78. The summed E-state index contributed by atoms with van der Waals surface area (Å²) >= 11 is 0. The second-order valence-electron chi connectivity index (χ2n) is 3.71. The molecule has 2 aliphatic heterocycles. The molecule has 0 amide bonds. The highest BCUT2D eigenvalue weighted by Crippen LogP contribution is 2.29. The lowest BCUT2D eigenvalue weighted by Gasteiger charge is -2.11. The van der Waals surface area contributed by atoms with E-state index in [0.29, 0.717) is 0 Å². The molecule has 14 heavy (non-hydrogen) atoms. The predicted molar refractivity (Wildman–Crippen MR) is 53.5 cm³/mol. The third kappa shape index (κ3) is 1.36. The van der Waals surface area contributed by atoms with Gasteiger partial charge in [-0.2, -0.15) is 0 Å². The first-order valence-corrected chi connectivity index (χ1v) is 4.99. The van der Waals surface area contributed by atoms with Crippen LogP contribution in [0.3, 0.4) is 0 Å². The van der Waals surface area contributed by atoms with Crippen LogP contribution < -0.4 is 0 Å². The molecular weight excluding hydrogens is 177 g/mol. The molecule has 2 heterocycles. The van der Waals surface area contributed by atoms with Crippen LogP contribution in [0.2, 0.25) is 0 Å². The number of hydrogen-bond donors (Lipinski definition) is 0. The Morgan fingerprint density at radius 2 is 2.14 bits per heavy atom. The fourth-order valence-corrected chi connectivity index (χ4v) is 2.03. The molecule has 72 valence electrons. The van der Waals surface area contributed by atoms with Crippen LogP contribution in [0.1, 0.15) is 11.7 Å². The Hall–Kier alpha value is -0.835. The molecular formula is C10H12BNO2. The van der Waals surface area contributed by atoms with E-state index in [-0.39, 0.29) is 13.4 Å². The molecule has 2 saturated heterocycles. The second-order valence-corrected chi connectivity index (χ2v) is 3.71. The minimum atomic E-state index is -0.0970. The summed E-state index contributed by atoms with van der Waals surface area (Å²) in [5, 5.41) is 0. The maximum absolute atomic E-state index is 5.78. The minimum Gasteiger partial charge on any atom is -0.396 e. The van der Waals surface area contributed by atoms with Gasteiger partial charge in [0, 0.05) is 19.7 Å². The summed E-state index contributed by atoms with van der Waals surface area (Å²) in [4.78, 5) is 2.23. The van der Waals surface area contributed by atoms with E-state index in [9.17, 15) is 0 Å². The number of nitrogens with zero attached hydrogens (tertiary/aromatic N) is 1. The average Bonchev–Trinajstić information content (AvgIpc) is 2.78. The maximum Gasteiger partial charge on any atom is 0.558 e. The van der Waals surface area contributed by atoms with Crippen molar-refractivity contribution in [3.63, 3.8) is 0 Å². The quantitative estimate of drug-likeness (QED) is 0.617. The number of benzene rings is 1. The molecule has 1 aromatic rings. The van der Waals surface area contributed by atoms with Crippen LogP contribution in [0, 0.1) is 0 Å². The molecule has 4 heteroatoms. The molecule has 0 N–H and O–H groups in total. The lowest BCUT2D eigenvalue weighted by Crippen LogP contribution is -2.28. The van der Waals surface area contributed by atoms with Crippen molar-refractivity contribution in [1.29, 1.82) is 0 Å². The van der Waals surface area contributed by atoms with Crippen molar-refractivity contribution in [2.24, 2.45) is 0 Å². The molecule has 0 saturated carbocycles. The van der Waals surface area contributed by atoms with Crippen molar-refractivity contribution < 1.29 is 9.31 Å². The van der Waals surface area contributed by atoms with Gasteiger partial charge in [-0.05, 0) is 5.56 Å². The van der Waals surface area contributed by atoms with Gasteiger partial charge in [0.25, 0.3) is 0 Å². The third-order valence-corrected chi connectivity index (χ3v) is 2.79. The van der Waals surface area contributed by atoms with Gasteiger partial charge in [-0.1, -0.05) is 30.3 Å². The first-order chi connectivity index (χ1) is 6.93. The fraction of sp³-hybridized carbons (Fsp3) is 0.400. The van der Waals surface area contributed by atoms with E-state index in [1.165, 1.54) is 5.56 Å². The van der Waals surface area contributed by atoms with Crippen LogP contribution in [0.15, 0.2) is 30.3 Å². The van der Waals surface area contributed by atoms with Gasteiger partial charge in [-0.15, -0.1) is 0 Å². The molecule has 2 fully saturated rings. The lowest BCUT2D eigenvalue weighted by atomic mass is 10.1. The summed E-state index contributed by atoms with van der Waals surface area (Å²) in [6.07, 6.45) is 0.182. The summed E-state index contributed by atoms with van der Waals surface area (Å²) in [6.45, 7) is 2.74. The molecule has 2 aliphatic rings. The van der Waals surface area contributed by atoms with Crippen LogP contribution in [0.4, 0.5) is 0 Å². The molecule has 1 aromatic carbocycles. The van der Waals surface area contributed by atoms with Crippen molar-refractivity contribution in [1.82, 2.24) is 4.81 Å². The van der Waals surface area contributed by atoms with Crippen LogP contribution in [-0.4, -0.2) is 31.8 Å². The zero-order chi connectivity index (χ0) is 9.38. The zero-order valence-electron chi connectivity index (χ0n) is 7.93. The predicted octanol–water partition coefficient (Wildman–Crippen LogP) is 1.07. The van der Waals surface area contributed by atoms with Gasteiger partial charge in [0.15, 0.2) is 0 Å². The number of rotatable bonds is 1. The van der Waals surface area contributed by atoms with Crippen LogP contribution in [-0.2, 0) is 9.31 Å². The van der Waals surface area contributed by atoms with E-state index in [2.05, 4.69) is 16.9 Å². The lowest BCUT2D eigenvalue weighted by molar-refractivity contribution is 0.181. The number of fused-ring (bicyclic) bond motifs is 1. The van der Waals surface area contributed by atoms with Crippen molar-refractivity contribution in [3.8, 4) is 0 Å². The average molecular weight is 189 g/mol. The number of hydrogen-bond acceptors (Lipinski definition) is 3. The van der Waals surface area contributed by atoms with Gasteiger partial charge in [0.1, 0.15) is 0 Å². The van der Waals surface area contributed by atoms with Crippen LogP contribution >= 0.6 is 0 Å². The van der Waals surface area contributed by atoms with E-state index in [0.717, 1.165) is 19.7 Å². The molecule has 0 aliphatic carbocycles. The van der Waals surface area contributed by atoms with Gasteiger partial charge in [0.05, 0.1) is 6.10 Å². The summed E-state index contributed by atoms with van der Waals surface area (Å²) in [5.41, 5.74) is 1.24. The van der Waals surface area contributed by atoms with E-state index in [4.69, 9.17) is 9.31 Å². The largest absolute Gasteiger partial charge is 0.558 e. The minimum absolute atomic E-state index is 0.0970. The molecule has 3 rings (SSSR count). The Labute approximate surface area is 83.8 Å². The Kier molecular flexibility index (Phi) is 2.05. The van der Waals surface area contributed by atoms with Gasteiger partial charge >= 0.3 is 7.25 Å². The summed E-state index contributed by atoms with van der Waals surface area (Å²) in [7, 11) is -0.0970.